The minimum absolute atomic E-state index is 0.212. The van der Waals surface area contributed by atoms with Crippen LogP contribution in [-0.4, -0.2) is 23.2 Å². The van der Waals surface area contributed by atoms with Crippen LogP contribution in [0.15, 0.2) is 58.4 Å². The molecule has 1 heterocycles. The number of guanidine groups is 1. The number of benzene rings is 2. The molecular formula is C19H22FN5OS. The molecule has 6 N–H and O–H groups in total. The number of halogens is 1. The van der Waals surface area contributed by atoms with Gasteiger partial charge in [0.05, 0.1) is 17.1 Å². The van der Waals surface area contributed by atoms with E-state index in [0.717, 1.165) is 23.1 Å². The van der Waals surface area contributed by atoms with Crippen molar-refractivity contribution in [3.8, 4) is 0 Å². The molecule has 2 aromatic carbocycles. The molecule has 3 rings (SSSR count). The van der Waals surface area contributed by atoms with E-state index in [-0.39, 0.29) is 17.9 Å². The Morgan fingerprint density at radius 3 is 2.70 bits per heavy atom. The molecule has 27 heavy (non-hydrogen) atoms. The summed E-state index contributed by atoms with van der Waals surface area (Å²) >= 11 is -1.46. The first-order valence-corrected chi connectivity index (χ1v) is 9.71. The van der Waals surface area contributed by atoms with Crippen LogP contribution in [0.2, 0.25) is 0 Å². The number of nitrogens with two attached hydrogens (primary N) is 2. The highest BCUT2D eigenvalue weighted by Gasteiger charge is 2.16. The molecule has 2 aromatic rings. The molecule has 0 radical (unpaired) electrons. The summed E-state index contributed by atoms with van der Waals surface area (Å²) in [5.74, 6) is -0.0291. The number of hydrogen-bond acceptors (Lipinski definition) is 6. The van der Waals surface area contributed by atoms with E-state index in [1.165, 1.54) is 12.1 Å². The molecule has 1 aliphatic rings. The van der Waals surface area contributed by atoms with Gasteiger partial charge in [0.1, 0.15) is 12.0 Å². The summed E-state index contributed by atoms with van der Waals surface area (Å²) in [6.45, 7) is 2.59. The van der Waals surface area contributed by atoms with Crippen molar-refractivity contribution in [3.63, 3.8) is 0 Å². The van der Waals surface area contributed by atoms with Crippen molar-refractivity contribution in [2.45, 2.75) is 24.4 Å². The SMILES string of the molecule is Cc1ccc(F)cc1C1=CC(NCCc2ccc([S@+](N)[O-])cc2)NC(N)=N1. The summed E-state index contributed by atoms with van der Waals surface area (Å²) in [6, 6.07) is 11.9. The van der Waals surface area contributed by atoms with Crippen LogP contribution < -0.4 is 21.5 Å². The largest absolute Gasteiger partial charge is 0.593 e. The van der Waals surface area contributed by atoms with Gasteiger partial charge in [-0.15, -0.1) is 5.14 Å². The van der Waals surface area contributed by atoms with E-state index in [9.17, 15) is 8.94 Å². The van der Waals surface area contributed by atoms with Crippen molar-refractivity contribution in [1.82, 2.24) is 10.6 Å². The average molecular weight is 387 g/mol. The van der Waals surface area contributed by atoms with E-state index >= 15 is 0 Å². The Morgan fingerprint density at radius 1 is 1.26 bits per heavy atom. The van der Waals surface area contributed by atoms with E-state index in [4.69, 9.17) is 10.9 Å². The van der Waals surface area contributed by atoms with Crippen LogP contribution in [0.1, 0.15) is 16.7 Å². The van der Waals surface area contributed by atoms with Crippen LogP contribution in [-0.2, 0) is 17.8 Å². The molecule has 0 spiro atoms. The second-order valence-electron chi connectivity index (χ2n) is 6.28. The predicted molar refractivity (Wildman–Crippen MR) is 106 cm³/mol. The number of hydrogen-bond donors (Lipinski definition) is 4. The first-order valence-electron chi connectivity index (χ1n) is 8.50. The fourth-order valence-corrected chi connectivity index (χ4v) is 3.25. The van der Waals surface area contributed by atoms with Gasteiger partial charge in [-0.1, -0.05) is 18.2 Å². The van der Waals surface area contributed by atoms with E-state index < -0.39 is 11.4 Å². The normalized spacial score (nSPS) is 17.7. The summed E-state index contributed by atoms with van der Waals surface area (Å²) in [5.41, 5.74) is 9.27. The van der Waals surface area contributed by atoms with Gasteiger partial charge in [-0.25, -0.2) is 9.38 Å². The summed E-state index contributed by atoms with van der Waals surface area (Å²) < 4.78 is 24.8. The molecule has 1 unspecified atom stereocenters. The van der Waals surface area contributed by atoms with Crippen molar-refractivity contribution in [1.29, 1.82) is 0 Å². The molecule has 2 atom stereocenters. The topological polar surface area (TPSA) is 112 Å². The van der Waals surface area contributed by atoms with E-state index in [1.807, 2.05) is 25.1 Å². The van der Waals surface area contributed by atoms with Gasteiger partial charge in [0.25, 0.3) is 0 Å². The number of nitrogens with one attached hydrogen (secondary N) is 2. The summed E-state index contributed by atoms with van der Waals surface area (Å²) in [7, 11) is 0. The summed E-state index contributed by atoms with van der Waals surface area (Å²) in [5, 5.41) is 11.7. The third kappa shape index (κ3) is 5.08. The monoisotopic (exact) mass is 387 g/mol. The average Bonchev–Trinajstić information content (AvgIpc) is 2.63. The van der Waals surface area contributed by atoms with Crippen LogP contribution >= 0.6 is 0 Å². The molecule has 1 aliphatic heterocycles. The quantitative estimate of drug-likeness (QED) is 0.562. The zero-order valence-corrected chi connectivity index (χ0v) is 15.7. The molecule has 0 saturated heterocycles. The van der Waals surface area contributed by atoms with Gasteiger partial charge < -0.3 is 15.6 Å². The lowest BCUT2D eigenvalue weighted by Crippen LogP contribution is -2.49. The lowest BCUT2D eigenvalue weighted by molar-refractivity contribution is 0.562. The molecule has 142 valence electrons. The smallest absolute Gasteiger partial charge is 0.195 e. The Morgan fingerprint density at radius 2 is 2.00 bits per heavy atom. The van der Waals surface area contributed by atoms with Crippen LogP contribution in [0, 0.1) is 12.7 Å². The van der Waals surface area contributed by atoms with Gasteiger partial charge in [-0.3, -0.25) is 5.32 Å². The van der Waals surface area contributed by atoms with Crippen LogP contribution in [0.3, 0.4) is 0 Å². The van der Waals surface area contributed by atoms with Crippen molar-refractivity contribution in [2.24, 2.45) is 15.9 Å². The Labute approximate surface area is 160 Å². The fourth-order valence-electron chi connectivity index (χ4n) is 2.85. The van der Waals surface area contributed by atoms with Crippen molar-refractivity contribution < 1.29 is 8.94 Å². The Balaban J connectivity index is 1.64. The van der Waals surface area contributed by atoms with Crippen LogP contribution in [0.5, 0.6) is 0 Å². The molecule has 0 aromatic heterocycles. The molecule has 0 amide bonds. The highest BCUT2D eigenvalue weighted by atomic mass is 32.2. The molecule has 0 bridgehead atoms. The van der Waals surface area contributed by atoms with Gasteiger partial charge >= 0.3 is 0 Å². The summed E-state index contributed by atoms with van der Waals surface area (Å²) in [4.78, 5) is 4.89. The fraction of sp³-hybridized carbons (Fsp3) is 0.211. The lowest BCUT2D eigenvalue weighted by Gasteiger charge is -2.23. The maximum Gasteiger partial charge on any atom is 0.195 e. The Kier molecular flexibility index (Phi) is 6.12. The highest BCUT2D eigenvalue weighted by molar-refractivity contribution is 7.89. The predicted octanol–water partition coefficient (Wildman–Crippen LogP) is 1.53. The van der Waals surface area contributed by atoms with Crippen molar-refractivity contribution in [3.05, 3.63) is 71.0 Å². The minimum Gasteiger partial charge on any atom is -0.593 e. The second kappa shape index (κ2) is 8.53. The minimum atomic E-state index is -1.46. The van der Waals surface area contributed by atoms with Crippen molar-refractivity contribution in [2.75, 3.05) is 6.54 Å². The van der Waals surface area contributed by atoms with Gasteiger partial charge in [-0.05, 0) is 54.8 Å². The second-order valence-corrected chi connectivity index (χ2v) is 7.34. The van der Waals surface area contributed by atoms with Gasteiger partial charge in [0.15, 0.2) is 10.9 Å². The van der Waals surface area contributed by atoms with E-state index in [1.54, 1.807) is 18.2 Å². The van der Waals surface area contributed by atoms with Crippen molar-refractivity contribution >= 4 is 23.0 Å². The standard InChI is InChI=1S/C19H22FN5OS/c1-12-2-5-14(20)10-16(12)17-11-18(25-19(21)24-17)23-9-8-13-3-6-15(7-4-13)27(22)26/h2-7,10-11,18,23H,8-9,22H2,1H3,(H3,21,24,25)/t18?,27-/m1/s1. The van der Waals surface area contributed by atoms with Gasteiger partial charge in [0, 0.05) is 12.1 Å². The van der Waals surface area contributed by atoms with Crippen LogP contribution in [0.4, 0.5) is 4.39 Å². The van der Waals surface area contributed by atoms with E-state index in [0.29, 0.717) is 17.1 Å². The third-order valence-corrected chi connectivity index (χ3v) is 5.01. The molecule has 8 heteroatoms. The zero-order valence-electron chi connectivity index (χ0n) is 14.9. The molecule has 0 fully saturated rings. The molecule has 6 nitrogen and oxygen atoms in total. The third-order valence-electron chi connectivity index (χ3n) is 4.28. The lowest BCUT2D eigenvalue weighted by atomic mass is 10.0. The molecular weight excluding hydrogens is 365 g/mol. The molecule has 0 aliphatic carbocycles. The molecule has 0 saturated carbocycles. The number of aryl methyl sites for hydroxylation is 1. The first kappa shape index (κ1) is 19.4. The summed E-state index contributed by atoms with van der Waals surface area (Å²) in [6.07, 6.45) is 2.45. The first-order chi connectivity index (χ1) is 12.9. The number of aliphatic imine (C=N–C) groups is 1. The Hall–Kier alpha value is -2.39. The van der Waals surface area contributed by atoms with Gasteiger partial charge in [0.2, 0.25) is 0 Å². The number of rotatable bonds is 6. The maximum absolute atomic E-state index is 13.6. The number of nitrogens with zero attached hydrogens (tertiary/aromatic N) is 1. The van der Waals surface area contributed by atoms with E-state index in [2.05, 4.69) is 15.6 Å². The highest BCUT2D eigenvalue weighted by Crippen LogP contribution is 2.23. The van der Waals surface area contributed by atoms with Crippen LogP contribution in [0.25, 0.3) is 5.70 Å². The Bertz CT molecular complexity index is 867. The van der Waals surface area contributed by atoms with Gasteiger partial charge in [-0.2, -0.15) is 0 Å². The zero-order chi connectivity index (χ0) is 19.4. The maximum atomic E-state index is 13.6.